The number of methoxy groups -OCH3 is 8. The molecule has 0 aliphatic heterocycles. The van der Waals surface area contributed by atoms with Crippen molar-refractivity contribution in [2.45, 2.75) is 0 Å². The minimum Gasteiger partial charge on any atom is -0.492 e. The Balaban J connectivity index is 3.29. The third-order valence-corrected chi connectivity index (χ3v) is 4.03. The summed E-state index contributed by atoms with van der Waals surface area (Å²) in [6.45, 7) is 0. The van der Waals surface area contributed by atoms with Gasteiger partial charge in [0, 0.05) is 0 Å². The van der Waals surface area contributed by atoms with Crippen LogP contribution in [0.1, 0.15) is 0 Å². The van der Waals surface area contributed by atoms with Gasteiger partial charge in [0.1, 0.15) is 0 Å². The average molecular weight is 368 g/mol. The molecule has 0 atom stereocenters. The molecule has 8 heteroatoms. The zero-order chi connectivity index (χ0) is 19.4. The molecule has 0 saturated heterocycles. The van der Waals surface area contributed by atoms with Crippen LogP contribution in [0.4, 0.5) is 0 Å². The van der Waals surface area contributed by atoms with Gasteiger partial charge < -0.3 is 37.9 Å². The van der Waals surface area contributed by atoms with Crippen LogP contribution in [0.3, 0.4) is 0 Å². The lowest BCUT2D eigenvalue weighted by molar-refractivity contribution is 0.299. The molecule has 0 heterocycles. The molecule has 0 bridgehead atoms. The summed E-state index contributed by atoms with van der Waals surface area (Å²) in [6.07, 6.45) is 0. The minimum absolute atomic E-state index is 0.354. The smallest absolute Gasteiger partial charge is 0.208 e. The van der Waals surface area contributed by atoms with E-state index in [2.05, 4.69) is 0 Å². The van der Waals surface area contributed by atoms with Crippen molar-refractivity contribution in [1.82, 2.24) is 0 Å². The first-order valence-corrected chi connectivity index (χ1v) is 7.65. The van der Waals surface area contributed by atoms with Crippen molar-refractivity contribution >= 4 is 10.8 Å². The van der Waals surface area contributed by atoms with Gasteiger partial charge in [-0.2, -0.15) is 0 Å². The van der Waals surface area contributed by atoms with Crippen LogP contribution in [-0.2, 0) is 0 Å². The largest absolute Gasteiger partial charge is 0.492 e. The van der Waals surface area contributed by atoms with E-state index in [1.165, 1.54) is 56.9 Å². The lowest BCUT2D eigenvalue weighted by Crippen LogP contribution is -2.04. The maximum absolute atomic E-state index is 5.61. The average Bonchev–Trinajstić information content (AvgIpc) is 2.69. The van der Waals surface area contributed by atoms with Gasteiger partial charge in [0.15, 0.2) is 23.0 Å². The van der Waals surface area contributed by atoms with Crippen molar-refractivity contribution in [3.05, 3.63) is 0 Å². The Morgan fingerprint density at radius 1 is 0.269 bits per heavy atom. The molecule has 0 unspecified atom stereocenters. The highest BCUT2D eigenvalue weighted by molar-refractivity contribution is 6.09. The molecule has 0 aliphatic rings. The second kappa shape index (κ2) is 7.99. The molecule has 2 rings (SSSR count). The van der Waals surface area contributed by atoms with Gasteiger partial charge in [-0.3, -0.25) is 0 Å². The van der Waals surface area contributed by atoms with E-state index in [1.54, 1.807) is 0 Å². The van der Waals surface area contributed by atoms with Gasteiger partial charge in [0.25, 0.3) is 0 Å². The van der Waals surface area contributed by atoms with Crippen LogP contribution in [0.25, 0.3) is 10.8 Å². The molecule has 2 aromatic rings. The molecule has 0 radical (unpaired) electrons. The molecule has 0 amide bonds. The second-order valence-corrected chi connectivity index (χ2v) is 5.02. The number of ether oxygens (including phenoxy) is 8. The fourth-order valence-electron chi connectivity index (χ4n) is 3.05. The lowest BCUT2D eigenvalue weighted by Gasteiger charge is -2.24. The monoisotopic (exact) mass is 368 g/mol. The van der Waals surface area contributed by atoms with E-state index >= 15 is 0 Å². The topological polar surface area (TPSA) is 73.8 Å². The summed E-state index contributed by atoms with van der Waals surface area (Å²) in [5.74, 6) is 2.96. The molecule has 0 spiro atoms. The maximum Gasteiger partial charge on any atom is 0.208 e. The lowest BCUT2D eigenvalue weighted by atomic mass is 10.0. The molecule has 0 saturated carbocycles. The summed E-state index contributed by atoms with van der Waals surface area (Å²) in [5.41, 5.74) is 0. The summed E-state index contributed by atoms with van der Waals surface area (Å²) < 4.78 is 44.5. The molecule has 0 aromatic heterocycles. The minimum atomic E-state index is 0.354. The van der Waals surface area contributed by atoms with Crippen LogP contribution < -0.4 is 37.9 Å². The summed E-state index contributed by atoms with van der Waals surface area (Å²) in [4.78, 5) is 0. The third-order valence-electron chi connectivity index (χ3n) is 4.03. The SMILES string of the molecule is COc1c(OC)c(OC)c2c(OC)c(OC)c(OC)c(OC)c2c1OC. The molecular weight excluding hydrogens is 344 g/mol. The Morgan fingerprint density at radius 3 is 0.538 bits per heavy atom. The molecule has 0 N–H and O–H groups in total. The molecule has 0 aliphatic carbocycles. The van der Waals surface area contributed by atoms with E-state index in [0.29, 0.717) is 56.8 Å². The first-order valence-electron chi connectivity index (χ1n) is 7.65. The van der Waals surface area contributed by atoms with Gasteiger partial charge in [0.2, 0.25) is 23.0 Å². The van der Waals surface area contributed by atoms with Gasteiger partial charge in [0.05, 0.1) is 67.7 Å². The number of hydrogen-bond acceptors (Lipinski definition) is 8. The molecule has 2 aromatic carbocycles. The van der Waals surface area contributed by atoms with Crippen LogP contribution in [0.5, 0.6) is 46.0 Å². The Morgan fingerprint density at radius 2 is 0.423 bits per heavy atom. The third kappa shape index (κ3) is 2.61. The van der Waals surface area contributed by atoms with Gasteiger partial charge in [-0.1, -0.05) is 0 Å². The quantitative estimate of drug-likeness (QED) is 0.704. The molecule has 8 nitrogen and oxygen atoms in total. The number of rotatable bonds is 8. The van der Waals surface area contributed by atoms with Crippen LogP contribution in [0.2, 0.25) is 0 Å². The van der Waals surface area contributed by atoms with Crippen LogP contribution >= 0.6 is 0 Å². The van der Waals surface area contributed by atoms with E-state index in [0.717, 1.165) is 0 Å². The van der Waals surface area contributed by atoms with Gasteiger partial charge >= 0.3 is 0 Å². The highest BCUT2D eigenvalue weighted by Gasteiger charge is 2.33. The Hall–Kier alpha value is -2.90. The van der Waals surface area contributed by atoms with Crippen molar-refractivity contribution < 1.29 is 37.9 Å². The second-order valence-electron chi connectivity index (χ2n) is 5.02. The molecule has 144 valence electrons. The van der Waals surface area contributed by atoms with E-state index in [9.17, 15) is 0 Å². The Bertz CT molecular complexity index is 671. The van der Waals surface area contributed by atoms with E-state index in [1.807, 2.05) is 0 Å². The van der Waals surface area contributed by atoms with Crippen molar-refractivity contribution in [3.63, 3.8) is 0 Å². The van der Waals surface area contributed by atoms with Gasteiger partial charge in [-0.15, -0.1) is 0 Å². The van der Waals surface area contributed by atoms with Crippen LogP contribution in [0, 0.1) is 0 Å². The van der Waals surface area contributed by atoms with E-state index < -0.39 is 0 Å². The van der Waals surface area contributed by atoms with Crippen LogP contribution in [0.15, 0.2) is 0 Å². The van der Waals surface area contributed by atoms with Crippen molar-refractivity contribution in [2.75, 3.05) is 56.9 Å². The molecule has 0 fully saturated rings. The van der Waals surface area contributed by atoms with Crippen molar-refractivity contribution in [3.8, 4) is 46.0 Å². The zero-order valence-electron chi connectivity index (χ0n) is 16.3. The Kier molecular flexibility index (Phi) is 5.97. The number of fused-ring (bicyclic) bond motifs is 1. The predicted octanol–water partition coefficient (Wildman–Crippen LogP) is 2.91. The highest BCUT2D eigenvalue weighted by Crippen LogP contribution is 2.61. The molecule has 26 heavy (non-hydrogen) atoms. The van der Waals surface area contributed by atoms with Gasteiger partial charge in [-0.05, 0) is 0 Å². The molecular formula is C18H24O8. The summed E-state index contributed by atoms with van der Waals surface area (Å²) in [7, 11) is 12.1. The van der Waals surface area contributed by atoms with Crippen LogP contribution in [-0.4, -0.2) is 56.9 Å². The summed E-state index contributed by atoms with van der Waals surface area (Å²) in [6, 6.07) is 0. The maximum atomic E-state index is 5.61. The zero-order valence-corrected chi connectivity index (χ0v) is 16.3. The standard InChI is InChI=1S/C18H24O8/c1-19-11-9-10(13(21-3)16(24-6)15(11)23-5)14(22-4)18(26-8)17(25-7)12(9)20-2/h1-8H3. The van der Waals surface area contributed by atoms with Crippen molar-refractivity contribution in [2.24, 2.45) is 0 Å². The van der Waals surface area contributed by atoms with E-state index in [4.69, 9.17) is 37.9 Å². The Labute approximate surface area is 152 Å². The highest BCUT2D eigenvalue weighted by atomic mass is 16.6. The first-order chi connectivity index (χ1) is 12.6. The van der Waals surface area contributed by atoms with Gasteiger partial charge in [-0.25, -0.2) is 0 Å². The fourth-order valence-corrected chi connectivity index (χ4v) is 3.05. The van der Waals surface area contributed by atoms with Crippen molar-refractivity contribution in [1.29, 1.82) is 0 Å². The normalized spacial score (nSPS) is 10.3. The summed E-state index contributed by atoms with van der Waals surface area (Å²) in [5, 5.41) is 1.08. The van der Waals surface area contributed by atoms with E-state index in [-0.39, 0.29) is 0 Å². The number of benzene rings is 2. The number of hydrogen-bond donors (Lipinski definition) is 0. The predicted molar refractivity (Wildman–Crippen MR) is 96.4 cm³/mol. The first kappa shape index (κ1) is 19.4. The summed E-state index contributed by atoms with van der Waals surface area (Å²) >= 11 is 0. The fraction of sp³-hybridized carbons (Fsp3) is 0.444.